The molecular weight excluding hydrogens is 342 g/mol. The number of aryl methyl sites for hydroxylation is 3. The zero-order chi connectivity index (χ0) is 19.4. The molecule has 2 aromatic rings. The van der Waals surface area contributed by atoms with E-state index in [1.807, 2.05) is 14.0 Å². The van der Waals surface area contributed by atoms with E-state index in [1.165, 1.54) is 12.8 Å². The van der Waals surface area contributed by atoms with Gasteiger partial charge in [0.05, 0.1) is 12.5 Å². The number of nitrogens with one attached hydrogen (secondary N) is 2. The Morgan fingerprint density at radius 3 is 2.93 bits per heavy atom. The van der Waals surface area contributed by atoms with Gasteiger partial charge >= 0.3 is 0 Å². The molecule has 0 saturated carbocycles. The molecular formula is C20H31N5O2. The average molecular weight is 374 g/mol. The number of carbonyl (C=O) groups is 1. The molecule has 1 saturated heterocycles. The summed E-state index contributed by atoms with van der Waals surface area (Å²) in [7, 11) is 3.49. The van der Waals surface area contributed by atoms with Gasteiger partial charge in [0.15, 0.2) is 5.65 Å². The highest BCUT2D eigenvalue weighted by molar-refractivity contribution is 5.86. The van der Waals surface area contributed by atoms with E-state index in [9.17, 15) is 4.79 Å². The van der Waals surface area contributed by atoms with Crippen LogP contribution in [0.3, 0.4) is 0 Å². The van der Waals surface area contributed by atoms with E-state index >= 15 is 0 Å². The smallest absolute Gasteiger partial charge is 0.242 e. The van der Waals surface area contributed by atoms with Crippen LogP contribution in [-0.2, 0) is 18.3 Å². The van der Waals surface area contributed by atoms with E-state index in [0.29, 0.717) is 24.6 Å². The molecule has 7 heteroatoms. The Bertz CT molecular complexity index is 809. The number of carbonyl (C=O) groups excluding carboxylic acids is 1. The van der Waals surface area contributed by atoms with E-state index in [1.54, 1.807) is 11.8 Å². The summed E-state index contributed by atoms with van der Waals surface area (Å²) in [5.41, 5.74) is 3.98. The third-order valence-electron chi connectivity index (χ3n) is 5.59. The van der Waals surface area contributed by atoms with Crippen LogP contribution >= 0.6 is 0 Å². The van der Waals surface area contributed by atoms with Crippen molar-refractivity contribution in [2.75, 3.05) is 26.7 Å². The first-order valence-corrected chi connectivity index (χ1v) is 9.85. The molecule has 148 valence electrons. The van der Waals surface area contributed by atoms with Gasteiger partial charge < -0.3 is 15.4 Å². The van der Waals surface area contributed by atoms with Crippen molar-refractivity contribution < 1.29 is 9.53 Å². The molecule has 27 heavy (non-hydrogen) atoms. The lowest BCUT2D eigenvalue weighted by molar-refractivity contribution is -0.121. The van der Waals surface area contributed by atoms with Crippen molar-refractivity contribution in [1.29, 1.82) is 0 Å². The Morgan fingerprint density at radius 1 is 1.41 bits per heavy atom. The van der Waals surface area contributed by atoms with Crippen molar-refractivity contribution in [2.24, 2.45) is 13.0 Å². The summed E-state index contributed by atoms with van der Waals surface area (Å²) in [6, 6.07) is 0. The van der Waals surface area contributed by atoms with Crippen molar-refractivity contribution in [2.45, 2.75) is 46.0 Å². The third kappa shape index (κ3) is 4.40. The van der Waals surface area contributed by atoms with Crippen molar-refractivity contribution in [3.63, 3.8) is 0 Å². The van der Waals surface area contributed by atoms with Crippen molar-refractivity contribution >= 4 is 16.9 Å². The number of piperidine rings is 1. The molecule has 2 aromatic heterocycles. The highest BCUT2D eigenvalue weighted by atomic mass is 16.5. The second-order valence-electron chi connectivity index (χ2n) is 7.48. The van der Waals surface area contributed by atoms with Crippen molar-refractivity contribution in [3.8, 4) is 5.88 Å². The van der Waals surface area contributed by atoms with E-state index in [0.717, 1.165) is 53.9 Å². The Morgan fingerprint density at radius 2 is 2.22 bits per heavy atom. The first kappa shape index (κ1) is 19.6. The summed E-state index contributed by atoms with van der Waals surface area (Å²) in [5, 5.41) is 11.8. The van der Waals surface area contributed by atoms with Crippen LogP contribution in [0.5, 0.6) is 5.88 Å². The van der Waals surface area contributed by atoms with E-state index in [-0.39, 0.29) is 5.91 Å². The second-order valence-corrected chi connectivity index (χ2v) is 7.48. The predicted octanol–water partition coefficient (Wildman–Crippen LogP) is 2.03. The van der Waals surface area contributed by atoms with Crippen LogP contribution in [0.25, 0.3) is 11.0 Å². The number of fused-ring (bicyclic) bond motifs is 1. The molecule has 7 nitrogen and oxygen atoms in total. The zero-order valence-electron chi connectivity index (χ0n) is 16.9. The molecule has 0 spiro atoms. The normalized spacial score (nSPS) is 17.3. The summed E-state index contributed by atoms with van der Waals surface area (Å²) in [4.78, 5) is 17.0. The largest absolute Gasteiger partial charge is 0.479 e. The van der Waals surface area contributed by atoms with Crippen LogP contribution in [-0.4, -0.2) is 47.4 Å². The molecule has 1 aliphatic rings. The predicted molar refractivity (Wildman–Crippen MR) is 106 cm³/mol. The monoisotopic (exact) mass is 373 g/mol. The van der Waals surface area contributed by atoms with Gasteiger partial charge in [0.2, 0.25) is 11.8 Å². The topological polar surface area (TPSA) is 81.1 Å². The van der Waals surface area contributed by atoms with Gasteiger partial charge in [-0.05, 0) is 69.7 Å². The SMILES string of the molecule is COc1nn(C)c2nc(C)c(CCC(=O)NCCC3CCCNC3)c(C)c12. The molecule has 0 bridgehead atoms. The van der Waals surface area contributed by atoms with Crippen LogP contribution < -0.4 is 15.4 Å². The Balaban J connectivity index is 1.60. The zero-order valence-corrected chi connectivity index (χ0v) is 16.9. The van der Waals surface area contributed by atoms with E-state index in [4.69, 9.17) is 4.74 Å². The number of ether oxygens (including phenoxy) is 1. The number of rotatable bonds is 7. The van der Waals surface area contributed by atoms with Gasteiger partial charge in [0, 0.05) is 25.7 Å². The summed E-state index contributed by atoms with van der Waals surface area (Å²) in [6.45, 7) is 7.02. The molecule has 0 aromatic carbocycles. The average Bonchev–Trinajstić information content (AvgIpc) is 2.98. The number of hydrogen-bond donors (Lipinski definition) is 2. The number of methoxy groups -OCH3 is 1. The maximum absolute atomic E-state index is 12.3. The van der Waals surface area contributed by atoms with Gasteiger partial charge in [0.1, 0.15) is 0 Å². The molecule has 0 aliphatic carbocycles. The summed E-state index contributed by atoms with van der Waals surface area (Å²) in [5.74, 6) is 1.38. The minimum atomic E-state index is 0.107. The van der Waals surface area contributed by atoms with Crippen LogP contribution in [0.4, 0.5) is 0 Å². The quantitative estimate of drug-likeness (QED) is 0.776. The second kappa shape index (κ2) is 8.69. The fourth-order valence-corrected chi connectivity index (χ4v) is 4.02. The first-order valence-electron chi connectivity index (χ1n) is 9.85. The molecule has 2 N–H and O–H groups in total. The Kier molecular flexibility index (Phi) is 6.31. The highest BCUT2D eigenvalue weighted by Gasteiger charge is 2.18. The number of nitrogens with zero attached hydrogens (tertiary/aromatic N) is 3. The van der Waals surface area contributed by atoms with Gasteiger partial charge in [-0.2, -0.15) is 0 Å². The molecule has 1 fully saturated rings. The third-order valence-corrected chi connectivity index (χ3v) is 5.59. The molecule has 0 radical (unpaired) electrons. The molecule has 3 rings (SSSR count). The maximum atomic E-state index is 12.3. The van der Waals surface area contributed by atoms with E-state index < -0.39 is 0 Å². The Labute approximate surface area is 160 Å². The molecule has 1 amide bonds. The molecule has 1 aliphatic heterocycles. The van der Waals surface area contributed by atoms with Gasteiger partial charge in [-0.1, -0.05) is 0 Å². The Hall–Kier alpha value is -2.15. The first-order chi connectivity index (χ1) is 13.0. The summed E-state index contributed by atoms with van der Waals surface area (Å²) < 4.78 is 7.14. The fraction of sp³-hybridized carbons (Fsp3) is 0.650. The summed E-state index contributed by atoms with van der Waals surface area (Å²) in [6.07, 6.45) is 4.71. The van der Waals surface area contributed by atoms with E-state index in [2.05, 4.69) is 27.6 Å². The number of pyridine rings is 1. The fourth-order valence-electron chi connectivity index (χ4n) is 4.02. The highest BCUT2D eigenvalue weighted by Crippen LogP contribution is 2.30. The van der Waals surface area contributed by atoms with Crippen LogP contribution in [0, 0.1) is 19.8 Å². The van der Waals surface area contributed by atoms with Crippen LogP contribution in [0.2, 0.25) is 0 Å². The van der Waals surface area contributed by atoms with Crippen LogP contribution in [0.15, 0.2) is 0 Å². The summed E-state index contributed by atoms with van der Waals surface area (Å²) >= 11 is 0. The lowest BCUT2D eigenvalue weighted by Gasteiger charge is -2.22. The van der Waals surface area contributed by atoms with Crippen molar-refractivity contribution in [3.05, 3.63) is 16.8 Å². The number of amides is 1. The van der Waals surface area contributed by atoms with Gasteiger partial charge in [-0.3, -0.25) is 4.79 Å². The maximum Gasteiger partial charge on any atom is 0.242 e. The van der Waals surface area contributed by atoms with Crippen molar-refractivity contribution in [1.82, 2.24) is 25.4 Å². The lowest BCUT2D eigenvalue weighted by atomic mass is 9.96. The molecule has 3 heterocycles. The standard InChI is InChI=1S/C20H31N5O2/c1-13-16(14(2)23-19-18(13)20(27-4)24-25(19)3)7-8-17(26)22-11-9-15-6-5-10-21-12-15/h15,21H,5-12H2,1-4H3,(H,22,26). The van der Waals surface area contributed by atoms with Gasteiger partial charge in [-0.25, -0.2) is 9.67 Å². The van der Waals surface area contributed by atoms with Crippen LogP contribution in [0.1, 0.15) is 42.5 Å². The van der Waals surface area contributed by atoms with Gasteiger partial charge in [0.25, 0.3) is 0 Å². The number of hydrogen-bond acceptors (Lipinski definition) is 5. The minimum absolute atomic E-state index is 0.107. The lowest BCUT2D eigenvalue weighted by Crippen LogP contribution is -2.33. The molecule has 1 atom stereocenters. The molecule has 1 unspecified atom stereocenters. The minimum Gasteiger partial charge on any atom is -0.479 e. The van der Waals surface area contributed by atoms with Gasteiger partial charge in [-0.15, -0.1) is 5.10 Å². The number of aromatic nitrogens is 3.